The Hall–Kier alpha value is -3.48. The van der Waals surface area contributed by atoms with Gasteiger partial charge in [-0.3, -0.25) is 4.79 Å². The van der Waals surface area contributed by atoms with Crippen LogP contribution in [-0.4, -0.2) is 43.2 Å². The van der Waals surface area contributed by atoms with Crippen molar-refractivity contribution in [1.82, 2.24) is 4.98 Å². The molecule has 0 amide bonds. The first kappa shape index (κ1) is 18.9. The maximum Gasteiger partial charge on any atom is 0.339 e. The second-order valence-electron chi connectivity index (χ2n) is 6.79. The van der Waals surface area contributed by atoms with Crippen LogP contribution in [0.25, 0.3) is 10.9 Å². The lowest BCUT2D eigenvalue weighted by molar-refractivity contribution is 0.0318. The highest BCUT2D eigenvalue weighted by Crippen LogP contribution is 2.40. The van der Waals surface area contributed by atoms with Crippen LogP contribution in [0.15, 0.2) is 36.4 Å². The number of rotatable bonds is 5. The molecule has 1 aliphatic rings. The van der Waals surface area contributed by atoms with E-state index in [2.05, 4.69) is 4.98 Å². The number of ether oxygens (including phenoxy) is 4. The highest BCUT2D eigenvalue weighted by molar-refractivity contribution is 6.11. The first-order valence-electron chi connectivity index (χ1n) is 9.29. The minimum absolute atomic E-state index is 0.224. The largest absolute Gasteiger partial charge is 0.493 e. The van der Waals surface area contributed by atoms with Gasteiger partial charge in [0.25, 0.3) is 0 Å². The summed E-state index contributed by atoms with van der Waals surface area (Å²) in [6.45, 7) is 4.18. The number of aromatic amines is 1. The molecule has 1 aliphatic heterocycles. The molecule has 3 aromatic rings. The Morgan fingerprint density at radius 1 is 1.14 bits per heavy atom. The Kier molecular flexibility index (Phi) is 4.88. The van der Waals surface area contributed by atoms with Gasteiger partial charge in [0.2, 0.25) is 11.5 Å². The molecule has 0 bridgehead atoms. The topological polar surface area (TPSA) is 86.9 Å². The minimum atomic E-state index is -0.959. The number of aromatic nitrogens is 1. The third kappa shape index (κ3) is 3.40. The summed E-state index contributed by atoms with van der Waals surface area (Å²) in [5.41, 5.74) is 2.35. The highest BCUT2D eigenvalue weighted by Gasteiger charge is 2.27. The number of esters is 1. The molecule has 0 radical (unpaired) electrons. The van der Waals surface area contributed by atoms with E-state index in [1.54, 1.807) is 6.92 Å². The first-order chi connectivity index (χ1) is 14.0. The predicted octanol–water partition coefficient (Wildman–Crippen LogP) is 3.68. The van der Waals surface area contributed by atoms with Gasteiger partial charge in [0.1, 0.15) is 13.2 Å². The molecule has 150 valence electrons. The molecular formula is C22H21NO6. The van der Waals surface area contributed by atoms with Crippen molar-refractivity contribution >= 4 is 22.7 Å². The zero-order valence-electron chi connectivity index (χ0n) is 16.4. The zero-order chi connectivity index (χ0) is 20.5. The van der Waals surface area contributed by atoms with Gasteiger partial charge in [-0.2, -0.15) is 0 Å². The van der Waals surface area contributed by atoms with E-state index in [1.165, 1.54) is 19.2 Å². The molecule has 0 unspecified atom stereocenters. The van der Waals surface area contributed by atoms with Gasteiger partial charge in [-0.25, -0.2) is 4.79 Å². The molecule has 7 heteroatoms. The summed E-state index contributed by atoms with van der Waals surface area (Å²) in [7, 11) is 1.48. The fourth-order valence-corrected chi connectivity index (χ4v) is 3.47. The van der Waals surface area contributed by atoms with E-state index in [0.717, 1.165) is 16.6 Å². The number of Topliss-reactive ketones (excluding diaryl/α,β-unsaturated/α-hetero) is 1. The van der Waals surface area contributed by atoms with Crippen LogP contribution < -0.4 is 14.2 Å². The van der Waals surface area contributed by atoms with Gasteiger partial charge in [-0.05, 0) is 32.0 Å². The van der Waals surface area contributed by atoms with Crippen LogP contribution in [0.4, 0.5) is 0 Å². The van der Waals surface area contributed by atoms with Crippen molar-refractivity contribution in [1.29, 1.82) is 0 Å². The Morgan fingerprint density at radius 3 is 2.69 bits per heavy atom. The highest BCUT2D eigenvalue weighted by atomic mass is 16.6. The van der Waals surface area contributed by atoms with Crippen LogP contribution in [0.5, 0.6) is 17.2 Å². The fourth-order valence-electron chi connectivity index (χ4n) is 3.47. The number of carbonyl (C=O) groups is 2. The number of aryl methyl sites for hydroxylation is 1. The Bertz CT molecular complexity index is 1080. The Labute approximate surface area is 167 Å². The number of nitrogens with one attached hydrogen (secondary N) is 1. The van der Waals surface area contributed by atoms with Crippen LogP contribution in [0.2, 0.25) is 0 Å². The smallest absolute Gasteiger partial charge is 0.339 e. The van der Waals surface area contributed by atoms with Crippen LogP contribution in [0.1, 0.15) is 33.3 Å². The van der Waals surface area contributed by atoms with Crippen molar-refractivity contribution in [2.45, 2.75) is 20.0 Å². The third-order valence-corrected chi connectivity index (χ3v) is 4.86. The normalized spacial score (nSPS) is 13.8. The average molecular weight is 395 g/mol. The molecule has 1 aromatic heterocycles. The molecule has 1 atom stereocenters. The van der Waals surface area contributed by atoms with Gasteiger partial charge in [0.05, 0.1) is 12.7 Å². The number of hydrogen-bond acceptors (Lipinski definition) is 6. The van der Waals surface area contributed by atoms with Crippen LogP contribution in [0.3, 0.4) is 0 Å². The monoisotopic (exact) mass is 395 g/mol. The first-order valence-corrected chi connectivity index (χ1v) is 9.29. The van der Waals surface area contributed by atoms with Crippen molar-refractivity contribution in [2.24, 2.45) is 0 Å². The van der Waals surface area contributed by atoms with E-state index in [9.17, 15) is 9.59 Å². The molecule has 4 rings (SSSR count). The average Bonchev–Trinajstić information content (AvgIpc) is 3.07. The maximum atomic E-state index is 13.0. The number of ketones is 1. The lowest BCUT2D eigenvalue weighted by Crippen LogP contribution is -2.25. The molecule has 0 aliphatic carbocycles. The summed E-state index contributed by atoms with van der Waals surface area (Å²) >= 11 is 0. The number of carbonyl (C=O) groups excluding carboxylic acids is 2. The summed E-state index contributed by atoms with van der Waals surface area (Å²) < 4.78 is 21.8. The lowest BCUT2D eigenvalue weighted by Gasteiger charge is -2.21. The molecule has 0 spiro atoms. The molecule has 7 nitrogen and oxygen atoms in total. The number of H-pyrrole nitrogens is 1. The second-order valence-corrected chi connectivity index (χ2v) is 6.79. The van der Waals surface area contributed by atoms with E-state index in [4.69, 9.17) is 18.9 Å². The number of fused-ring (bicyclic) bond motifs is 2. The predicted molar refractivity (Wildman–Crippen MR) is 106 cm³/mol. The second kappa shape index (κ2) is 7.50. The molecule has 0 saturated carbocycles. The van der Waals surface area contributed by atoms with Crippen molar-refractivity contribution in [3.63, 3.8) is 0 Å². The summed E-state index contributed by atoms with van der Waals surface area (Å²) in [6, 6.07) is 10.6. The third-order valence-electron chi connectivity index (χ3n) is 4.86. The zero-order valence-corrected chi connectivity index (χ0v) is 16.4. The van der Waals surface area contributed by atoms with E-state index < -0.39 is 12.1 Å². The van der Waals surface area contributed by atoms with Crippen LogP contribution in [0, 0.1) is 6.92 Å². The summed E-state index contributed by atoms with van der Waals surface area (Å²) in [5, 5.41) is 0.805. The molecule has 29 heavy (non-hydrogen) atoms. The van der Waals surface area contributed by atoms with Gasteiger partial charge in [0, 0.05) is 22.2 Å². The SMILES string of the molecule is COc1cc(C(=O)O[C@H](C)C(=O)c2c(C)[nH]c3ccccc23)cc2c1OCCO2. The summed E-state index contributed by atoms with van der Waals surface area (Å²) in [5.74, 6) is 0.333. The van der Waals surface area contributed by atoms with Crippen LogP contribution >= 0.6 is 0 Å². The van der Waals surface area contributed by atoms with Crippen molar-refractivity contribution in [2.75, 3.05) is 20.3 Å². The fraction of sp³-hybridized carbons (Fsp3) is 0.273. The quantitative estimate of drug-likeness (QED) is 0.524. The van der Waals surface area contributed by atoms with E-state index in [1.807, 2.05) is 31.2 Å². The van der Waals surface area contributed by atoms with Gasteiger partial charge in [0.15, 0.2) is 17.6 Å². The summed E-state index contributed by atoms with van der Waals surface area (Å²) in [4.78, 5) is 28.9. The van der Waals surface area contributed by atoms with Gasteiger partial charge >= 0.3 is 5.97 Å². The molecule has 0 fully saturated rings. The van der Waals surface area contributed by atoms with E-state index in [0.29, 0.717) is 36.0 Å². The number of methoxy groups -OCH3 is 1. The minimum Gasteiger partial charge on any atom is -0.493 e. The van der Waals surface area contributed by atoms with E-state index in [-0.39, 0.29) is 11.3 Å². The maximum absolute atomic E-state index is 13.0. The Morgan fingerprint density at radius 2 is 1.90 bits per heavy atom. The summed E-state index contributed by atoms with van der Waals surface area (Å²) in [6.07, 6.45) is -0.959. The molecular weight excluding hydrogens is 374 g/mol. The standard InChI is InChI=1S/C22H21NO6/c1-12-19(15-6-4-5-7-16(15)23-12)20(24)13(2)29-22(25)14-10-17(26-3)21-18(11-14)27-8-9-28-21/h4-7,10-11,13,23H,8-9H2,1-3H3/t13-/m1/s1. The van der Waals surface area contributed by atoms with Crippen molar-refractivity contribution in [3.05, 3.63) is 53.2 Å². The molecule has 1 N–H and O–H groups in total. The molecule has 2 aromatic carbocycles. The molecule has 2 heterocycles. The van der Waals surface area contributed by atoms with Gasteiger partial charge in [-0.1, -0.05) is 18.2 Å². The van der Waals surface area contributed by atoms with Crippen molar-refractivity contribution in [3.8, 4) is 17.2 Å². The van der Waals surface area contributed by atoms with Crippen LogP contribution in [-0.2, 0) is 4.74 Å². The number of benzene rings is 2. The molecule has 0 saturated heterocycles. The van der Waals surface area contributed by atoms with E-state index >= 15 is 0 Å². The number of hydrogen-bond donors (Lipinski definition) is 1. The lowest BCUT2D eigenvalue weighted by atomic mass is 10.0. The van der Waals surface area contributed by atoms with Crippen molar-refractivity contribution < 1.29 is 28.5 Å². The Balaban J connectivity index is 1.58. The van der Waals surface area contributed by atoms with Gasteiger partial charge < -0.3 is 23.9 Å². The number of para-hydroxylation sites is 1. The van der Waals surface area contributed by atoms with Gasteiger partial charge in [-0.15, -0.1) is 0 Å².